The van der Waals surface area contributed by atoms with Crippen LogP contribution in [0.2, 0.25) is 0 Å². The molecule has 0 unspecified atom stereocenters. The fourth-order valence-electron chi connectivity index (χ4n) is 3.61. The summed E-state index contributed by atoms with van der Waals surface area (Å²) < 4.78 is 12.5. The van der Waals surface area contributed by atoms with Crippen molar-refractivity contribution in [3.8, 4) is 0 Å². The predicted molar refractivity (Wildman–Crippen MR) is 123 cm³/mol. The number of carbonyl (C=O) groups is 1. The number of rotatable bonds is 3. The van der Waals surface area contributed by atoms with Gasteiger partial charge in [-0.05, 0) is 69.2 Å². The van der Waals surface area contributed by atoms with E-state index in [0.29, 0.717) is 0 Å². The summed E-state index contributed by atoms with van der Waals surface area (Å²) in [5, 5.41) is 7.78. The molecule has 1 fully saturated rings. The fraction of sp³-hybridized carbons (Fsp3) is 0.292. The average Bonchev–Trinajstić information content (AvgIpc) is 2.89. The van der Waals surface area contributed by atoms with Crippen LogP contribution >= 0.6 is 0 Å². The molecular formula is C24H27BN2O3. The van der Waals surface area contributed by atoms with Crippen molar-refractivity contribution >= 4 is 40.8 Å². The van der Waals surface area contributed by atoms with Crippen molar-refractivity contribution in [2.45, 2.75) is 45.8 Å². The third-order valence-electron chi connectivity index (χ3n) is 5.99. The van der Waals surface area contributed by atoms with Gasteiger partial charge in [-0.3, -0.25) is 0 Å². The Bertz CT molecular complexity index is 1090. The number of urea groups is 1. The van der Waals surface area contributed by atoms with Crippen molar-refractivity contribution in [3.63, 3.8) is 0 Å². The van der Waals surface area contributed by atoms with Crippen LogP contribution in [0.3, 0.4) is 0 Å². The highest BCUT2D eigenvalue weighted by Gasteiger charge is 2.52. The molecule has 0 aliphatic carbocycles. The lowest BCUT2D eigenvalue weighted by Gasteiger charge is -2.32. The van der Waals surface area contributed by atoms with Crippen molar-refractivity contribution in [2.75, 3.05) is 10.6 Å². The predicted octanol–water partition coefficient (Wildman–Crippen LogP) is 5.09. The first-order chi connectivity index (χ1) is 14.2. The monoisotopic (exact) mass is 402 g/mol. The molecule has 3 aromatic rings. The van der Waals surface area contributed by atoms with Crippen LogP contribution < -0.4 is 16.1 Å². The van der Waals surface area contributed by atoms with Gasteiger partial charge in [-0.1, -0.05) is 42.5 Å². The van der Waals surface area contributed by atoms with E-state index in [1.54, 1.807) is 0 Å². The van der Waals surface area contributed by atoms with Crippen LogP contribution in [-0.4, -0.2) is 24.4 Å². The van der Waals surface area contributed by atoms with Gasteiger partial charge in [-0.15, -0.1) is 0 Å². The van der Waals surface area contributed by atoms with Crippen molar-refractivity contribution in [3.05, 3.63) is 66.2 Å². The van der Waals surface area contributed by atoms with Gasteiger partial charge in [0.2, 0.25) is 0 Å². The molecule has 6 heteroatoms. The van der Waals surface area contributed by atoms with Crippen molar-refractivity contribution in [1.29, 1.82) is 0 Å². The highest BCUT2D eigenvalue weighted by molar-refractivity contribution is 6.65. The average molecular weight is 402 g/mol. The lowest BCUT2D eigenvalue weighted by atomic mass is 9.76. The SMILES string of the molecule is Cc1cccc(NC(=O)Nc2ccc(B3OC(C)(C)C(C)(C)O3)c3ccccc23)c1. The number of benzene rings is 3. The minimum atomic E-state index is -0.463. The summed E-state index contributed by atoms with van der Waals surface area (Å²) in [6, 6.07) is 19.2. The van der Waals surface area contributed by atoms with Crippen LogP contribution in [0.15, 0.2) is 60.7 Å². The van der Waals surface area contributed by atoms with E-state index < -0.39 is 18.3 Å². The Morgan fingerprint density at radius 2 is 1.50 bits per heavy atom. The Kier molecular flexibility index (Phi) is 5.08. The zero-order valence-electron chi connectivity index (χ0n) is 18.1. The van der Waals surface area contributed by atoms with E-state index in [9.17, 15) is 4.79 Å². The number of hydrogen-bond donors (Lipinski definition) is 2. The maximum Gasteiger partial charge on any atom is 0.495 e. The highest BCUT2D eigenvalue weighted by atomic mass is 16.7. The Balaban J connectivity index is 1.62. The van der Waals surface area contributed by atoms with Gasteiger partial charge in [0.25, 0.3) is 0 Å². The van der Waals surface area contributed by atoms with Gasteiger partial charge in [0.1, 0.15) is 0 Å². The molecule has 1 aliphatic heterocycles. The van der Waals surface area contributed by atoms with Crippen LogP contribution in [0.4, 0.5) is 16.2 Å². The summed E-state index contributed by atoms with van der Waals surface area (Å²) >= 11 is 0. The molecule has 5 nitrogen and oxygen atoms in total. The second kappa shape index (κ2) is 7.45. The molecule has 0 radical (unpaired) electrons. The fourth-order valence-corrected chi connectivity index (χ4v) is 3.61. The van der Waals surface area contributed by atoms with E-state index in [2.05, 4.69) is 10.6 Å². The molecule has 3 aromatic carbocycles. The van der Waals surface area contributed by atoms with Crippen molar-refractivity contribution in [2.24, 2.45) is 0 Å². The lowest BCUT2D eigenvalue weighted by Crippen LogP contribution is -2.41. The third-order valence-corrected chi connectivity index (χ3v) is 5.99. The zero-order chi connectivity index (χ0) is 21.5. The second-order valence-corrected chi connectivity index (χ2v) is 8.78. The van der Waals surface area contributed by atoms with Crippen molar-refractivity contribution in [1.82, 2.24) is 0 Å². The highest BCUT2D eigenvalue weighted by Crippen LogP contribution is 2.37. The normalized spacial score (nSPS) is 17.2. The molecule has 154 valence electrons. The molecule has 0 spiro atoms. The molecule has 1 heterocycles. The van der Waals surface area contributed by atoms with E-state index in [1.165, 1.54) is 0 Å². The molecule has 0 aromatic heterocycles. The van der Waals surface area contributed by atoms with Gasteiger partial charge in [0.15, 0.2) is 0 Å². The largest absolute Gasteiger partial charge is 0.495 e. The summed E-state index contributed by atoms with van der Waals surface area (Å²) in [6.07, 6.45) is 0. The Labute approximate surface area is 177 Å². The van der Waals surface area contributed by atoms with Gasteiger partial charge < -0.3 is 19.9 Å². The zero-order valence-corrected chi connectivity index (χ0v) is 18.1. The minimum Gasteiger partial charge on any atom is -0.399 e. The molecule has 0 bridgehead atoms. The van der Waals surface area contributed by atoms with Gasteiger partial charge in [-0.2, -0.15) is 0 Å². The van der Waals surface area contributed by atoms with Crippen LogP contribution in [0.5, 0.6) is 0 Å². The standard InChI is InChI=1S/C24H27BN2O3/c1-16-9-8-10-17(15-16)26-22(28)27-21-14-13-20(18-11-6-7-12-19(18)21)25-29-23(2,3)24(4,5)30-25/h6-15H,1-5H3,(H2,26,27,28). The van der Waals surface area contributed by atoms with Crippen molar-refractivity contribution < 1.29 is 14.1 Å². The molecule has 30 heavy (non-hydrogen) atoms. The summed E-state index contributed by atoms with van der Waals surface area (Å²) in [5.41, 5.74) is 2.70. The first-order valence-corrected chi connectivity index (χ1v) is 10.2. The molecule has 1 saturated heterocycles. The first-order valence-electron chi connectivity index (χ1n) is 10.2. The number of amides is 2. The smallest absolute Gasteiger partial charge is 0.399 e. The van der Waals surface area contributed by atoms with Crippen LogP contribution in [0.25, 0.3) is 10.8 Å². The number of nitrogens with one attached hydrogen (secondary N) is 2. The first kappa shape index (κ1) is 20.4. The van der Waals surface area contributed by atoms with Crippen LogP contribution in [0, 0.1) is 6.92 Å². The minimum absolute atomic E-state index is 0.283. The second-order valence-electron chi connectivity index (χ2n) is 8.78. The van der Waals surface area contributed by atoms with Gasteiger partial charge in [0.05, 0.1) is 16.9 Å². The summed E-state index contributed by atoms with van der Waals surface area (Å²) in [4.78, 5) is 12.6. The maximum absolute atomic E-state index is 12.6. The topological polar surface area (TPSA) is 59.6 Å². The van der Waals surface area contributed by atoms with Gasteiger partial charge in [0, 0.05) is 11.1 Å². The Morgan fingerprint density at radius 1 is 0.833 bits per heavy atom. The number of anilines is 2. The van der Waals surface area contributed by atoms with E-state index in [-0.39, 0.29) is 6.03 Å². The summed E-state index contributed by atoms with van der Waals surface area (Å²) in [7, 11) is -0.463. The molecule has 4 rings (SSSR count). The summed E-state index contributed by atoms with van der Waals surface area (Å²) in [5.74, 6) is 0. The molecular weight excluding hydrogens is 375 g/mol. The van der Waals surface area contributed by atoms with Gasteiger partial charge >= 0.3 is 13.1 Å². The molecule has 1 aliphatic rings. The third kappa shape index (κ3) is 3.81. The van der Waals surface area contributed by atoms with E-state index in [4.69, 9.17) is 9.31 Å². The van der Waals surface area contributed by atoms with E-state index in [1.807, 2.05) is 95.3 Å². The van der Waals surface area contributed by atoms with E-state index >= 15 is 0 Å². The van der Waals surface area contributed by atoms with E-state index in [0.717, 1.165) is 33.2 Å². The number of hydrogen-bond acceptors (Lipinski definition) is 3. The number of fused-ring (bicyclic) bond motifs is 1. The van der Waals surface area contributed by atoms with Crippen LogP contribution in [-0.2, 0) is 9.31 Å². The summed E-state index contributed by atoms with van der Waals surface area (Å²) in [6.45, 7) is 10.2. The molecule has 2 N–H and O–H groups in total. The maximum atomic E-state index is 12.6. The quantitative estimate of drug-likeness (QED) is 0.600. The Morgan fingerprint density at radius 3 is 2.17 bits per heavy atom. The number of aryl methyl sites for hydroxylation is 1. The Hall–Kier alpha value is -2.83. The molecule has 0 atom stereocenters. The van der Waals surface area contributed by atoms with Crippen LogP contribution in [0.1, 0.15) is 33.3 Å². The van der Waals surface area contributed by atoms with Gasteiger partial charge in [-0.25, -0.2) is 4.79 Å². The molecule has 0 saturated carbocycles. The lowest BCUT2D eigenvalue weighted by molar-refractivity contribution is 0.00578. The molecule has 2 amide bonds. The number of carbonyl (C=O) groups excluding carboxylic acids is 1.